The fraction of sp³-hybridized carbons (Fsp3) is 0.476. The van der Waals surface area contributed by atoms with Gasteiger partial charge in [0.05, 0.1) is 22.9 Å². The molecule has 1 N–H and O–H groups in total. The third kappa shape index (κ3) is 5.16. The summed E-state index contributed by atoms with van der Waals surface area (Å²) in [7, 11) is 1.80. The van der Waals surface area contributed by atoms with Crippen LogP contribution in [-0.2, 0) is 17.3 Å². The average molecular weight is 418 g/mol. The molecule has 0 spiro atoms. The lowest BCUT2D eigenvalue weighted by Crippen LogP contribution is -2.50. The van der Waals surface area contributed by atoms with E-state index in [2.05, 4.69) is 31.2 Å². The third-order valence-corrected chi connectivity index (χ3v) is 5.37. The lowest BCUT2D eigenvalue weighted by atomic mass is 9.92. The Morgan fingerprint density at radius 3 is 2.38 bits per heavy atom. The molecule has 0 unspecified atom stereocenters. The Kier molecular flexibility index (Phi) is 6.29. The lowest BCUT2D eigenvalue weighted by molar-refractivity contribution is -0.117. The number of anilines is 1. The van der Waals surface area contributed by atoms with Gasteiger partial charge < -0.3 is 10.2 Å². The zero-order valence-electron chi connectivity index (χ0n) is 17.4. The fourth-order valence-corrected chi connectivity index (χ4v) is 3.44. The fourth-order valence-electron chi connectivity index (χ4n) is 3.26. The Morgan fingerprint density at radius 2 is 1.79 bits per heavy atom. The number of para-hydroxylation sites is 1. The molecule has 0 radical (unpaired) electrons. The van der Waals surface area contributed by atoms with Gasteiger partial charge >= 0.3 is 0 Å². The van der Waals surface area contributed by atoms with Crippen molar-refractivity contribution in [3.05, 3.63) is 46.7 Å². The first-order valence-electron chi connectivity index (χ1n) is 9.75. The molecule has 8 heteroatoms. The van der Waals surface area contributed by atoms with Crippen LogP contribution in [0.15, 0.2) is 30.3 Å². The minimum Gasteiger partial charge on any atom is -0.335 e. The van der Waals surface area contributed by atoms with Gasteiger partial charge in [-0.1, -0.05) is 44.5 Å². The van der Waals surface area contributed by atoms with Crippen LogP contribution in [0.1, 0.15) is 37.0 Å². The minimum absolute atomic E-state index is 0.0179. The molecule has 2 amide bonds. The molecule has 0 saturated carbocycles. The molecule has 2 heterocycles. The Labute approximate surface area is 176 Å². The number of hydrogen-bond donors (Lipinski definition) is 1. The topological polar surface area (TPSA) is 70.5 Å². The highest BCUT2D eigenvalue weighted by atomic mass is 35.5. The number of halogens is 1. The third-order valence-electron chi connectivity index (χ3n) is 5.04. The van der Waals surface area contributed by atoms with Gasteiger partial charge in [-0.05, 0) is 18.2 Å². The van der Waals surface area contributed by atoms with E-state index in [-0.39, 0.29) is 23.8 Å². The molecule has 1 aromatic carbocycles. The number of amides is 2. The highest BCUT2D eigenvalue weighted by molar-refractivity contribution is 6.33. The summed E-state index contributed by atoms with van der Waals surface area (Å²) in [5.41, 5.74) is 2.00. The van der Waals surface area contributed by atoms with E-state index in [1.54, 1.807) is 23.9 Å². The van der Waals surface area contributed by atoms with Crippen LogP contribution in [0, 0.1) is 0 Å². The van der Waals surface area contributed by atoms with E-state index in [4.69, 9.17) is 11.6 Å². The maximum atomic E-state index is 12.9. The second kappa shape index (κ2) is 8.55. The van der Waals surface area contributed by atoms with Gasteiger partial charge in [-0.3, -0.25) is 19.2 Å². The molecule has 1 fully saturated rings. The highest BCUT2D eigenvalue weighted by Crippen LogP contribution is 2.22. The first-order valence-corrected chi connectivity index (χ1v) is 10.1. The van der Waals surface area contributed by atoms with Crippen LogP contribution in [-0.4, -0.2) is 64.1 Å². The molecule has 1 saturated heterocycles. The van der Waals surface area contributed by atoms with E-state index in [1.165, 1.54) is 0 Å². The largest absolute Gasteiger partial charge is 0.335 e. The highest BCUT2D eigenvalue weighted by Gasteiger charge is 2.27. The van der Waals surface area contributed by atoms with Crippen molar-refractivity contribution < 1.29 is 9.59 Å². The number of aromatic nitrogens is 2. The van der Waals surface area contributed by atoms with Crippen molar-refractivity contribution in [1.29, 1.82) is 0 Å². The van der Waals surface area contributed by atoms with Gasteiger partial charge in [0.25, 0.3) is 5.91 Å². The summed E-state index contributed by atoms with van der Waals surface area (Å²) >= 11 is 6.09. The summed E-state index contributed by atoms with van der Waals surface area (Å²) in [5, 5.41) is 7.85. The number of rotatable bonds is 4. The van der Waals surface area contributed by atoms with Gasteiger partial charge in [0.15, 0.2) is 0 Å². The molecule has 7 nitrogen and oxygen atoms in total. The number of nitrogens with one attached hydrogen (secondary N) is 1. The van der Waals surface area contributed by atoms with Crippen molar-refractivity contribution in [2.45, 2.75) is 26.2 Å². The molecule has 0 atom stereocenters. The Bertz CT molecular complexity index is 895. The Balaban J connectivity index is 1.54. The number of hydrogen-bond acceptors (Lipinski definition) is 4. The van der Waals surface area contributed by atoms with Crippen LogP contribution in [0.4, 0.5) is 5.69 Å². The second-order valence-corrected chi connectivity index (χ2v) is 8.79. The first-order chi connectivity index (χ1) is 13.6. The van der Waals surface area contributed by atoms with Crippen molar-refractivity contribution in [2.75, 3.05) is 38.0 Å². The number of piperazine rings is 1. The van der Waals surface area contributed by atoms with Crippen LogP contribution in [0.25, 0.3) is 0 Å². The van der Waals surface area contributed by atoms with Crippen molar-refractivity contribution in [3.8, 4) is 0 Å². The number of carbonyl (C=O) groups is 2. The van der Waals surface area contributed by atoms with Crippen LogP contribution < -0.4 is 5.32 Å². The van der Waals surface area contributed by atoms with Crippen molar-refractivity contribution >= 4 is 29.1 Å². The van der Waals surface area contributed by atoms with E-state index >= 15 is 0 Å². The molecule has 1 aromatic heterocycles. The first kappa shape index (κ1) is 21.3. The maximum absolute atomic E-state index is 12.9. The molecule has 2 aromatic rings. The number of aryl methyl sites for hydroxylation is 1. The van der Waals surface area contributed by atoms with Crippen LogP contribution >= 0.6 is 11.6 Å². The monoisotopic (exact) mass is 417 g/mol. The van der Waals surface area contributed by atoms with Gasteiger partial charge in [0, 0.05) is 38.6 Å². The lowest BCUT2D eigenvalue weighted by Gasteiger charge is -2.34. The van der Waals surface area contributed by atoms with Crippen LogP contribution in [0.5, 0.6) is 0 Å². The van der Waals surface area contributed by atoms with E-state index < -0.39 is 0 Å². The molecular weight excluding hydrogens is 390 g/mol. The summed E-state index contributed by atoms with van der Waals surface area (Å²) in [6.07, 6.45) is 0. The second-order valence-electron chi connectivity index (χ2n) is 8.38. The maximum Gasteiger partial charge on any atom is 0.272 e. The quantitative estimate of drug-likeness (QED) is 0.830. The van der Waals surface area contributed by atoms with Crippen molar-refractivity contribution in [1.82, 2.24) is 19.6 Å². The van der Waals surface area contributed by atoms with Gasteiger partial charge in [0.1, 0.15) is 5.69 Å². The minimum atomic E-state index is -0.112. The predicted molar refractivity (Wildman–Crippen MR) is 114 cm³/mol. The van der Waals surface area contributed by atoms with Gasteiger partial charge in [-0.2, -0.15) is 5.10 Å². The van der Waals surface area contributed by atoms with Crippen LogP contribution in [0.3, 0.4) is 0 Å². The average Bonchev–Trinajstić information content (AvgIpc) is 3.06. The Morgan fingerprint density at radius 1 is 1.14 bits per heavy atom. The molecule has 0 bridgehead atoms. The van der Waals surface area contributed by atoms with E-state index in [0.717, 1.165) is 5.69 Å². The SMILES string of the molecule is Cn1nc(C(C)(C)C)cc1C(=O)N1CCN(CC(=O)Nc2ccccc2Cl)CC1. The number of benzene rings is 1. The zero-order valence-corrected chi connectivity index (χ0v) is 18.2. The van der Waals surface area contributed by atoms with Gasteiger partial charge in [-0.15, -0.1) is 0 Å². The molecule has 1 aliphatic rings. The predicted octanol–water partition coefficient (Wildman–Crippen LogP) is 2.77. The van der Waals surface area contributed by atoms with Gasteiger partial charge in [-0.25, -0.2) is 0 Å². The molecule has 0 aliphatic carbocycles. The van der Waals surface area contributed by atoms with E-state index in [1.807, 2.05) is 28.0 Å². The van der Waals surface area contributed by atoms with E-state index in [9.17, 15) is 9.59 Å². The number of carbonyl (C=O) groups excluding carboxylic acids is 2. The van der Waals surface area contributed by atoms with Gasteiger partial charge in [0.2, 0.25) is 5.91 Å². The zero-order chi connectivity index (χ0) is 21.2. The summed E-state index contributed by atoms with van der Waals surface area (Å²) in [6.45, 7) is 8.95. The molecular formula is C21H28ClN5O2. The standard InChI is InChI=1S/C21H28ClN5O2/c1-21(2,3)18-13-17(25(4)24-18)20(29)27-11-9-26(10-12-27)14-19(28)23-16-8-6-5-7-15(16)22/h5-8,13H,9-12,14H2,1-4H3,(H,23,28). The normalized spacial score (nSPS) is 15.4. The molecule has 156 valence electrons. The molecule has 29 heavy (non-hydrogen) atoms. The Hall–Kier alpha value is -2.38. The number of nitrogens with zero attached hydrogens (tertiary/aromatic N) is 4. The van der Waals surface area contributed by atoms with Crippen LogP contribution in [0.2, 0.25) is 5.02 Å². The molecule has 1 aliphatic heterocycles. The summed E-state index contributed by atoms with van der Waals surface area (Å²) in [6, 6.07) is 9.05. The van der Waals surface area contributed by atoms with Crippen molar-refractivity contribution in [2.24, 2.45) is 7.05 Å². The summed E-state index contributed by atoms with van der Waals surface area (Å²) in [4.78, 5) is 29.1. The van der Waals surface area contributed by atoms with Crippen molar-refractivity contribution in [3.63, 3.8) is 0 Å². The summed E-state index contributed by atoms with van der Waals surface area (Å²) in [5.74, 6) is -0.130. The summed E-state index contributed by atoms with van der Waals surface area (Å²) < 4.78 is 1.66. The van der Waals surface area contributed by atoms with E-state index in [0.29, 0.717) is 42.6 Å². The smallest absolute Gasteiger partial charge is 0.272 e. The molecule has 3 rings (SSSR count).